The molecule has 0 fully saturated rings. The molecule has 0 bridgehead atoms. The molecule has 2 heterocycles. The van der Waals surface area contributed by atoms with E-state index in [1.165, 1.54) is 11.1 Å². The highest BCUT2D eigenvalue weighted by atomic mass is 15.2. The molecule has 1 aliphatic rings. The molecule has 1 aromatic heterocycles. The maximum atomic E-state index is 4.89. The third-order valence-corrected chi connectivity index (χ3v) is 5.05. The van der Waals surface area contributed by atoms with E-state index in [1.807, 2.05) is 0 Å². The van der Waals surface area contributed by atoms with Crippen molar-refractivity contribution in [2.45, 2.75) is 72.0 Å². The van der Waals surface area contributed by atoms with Crippen molar-refractivity contribution in [1.82, 2.24) is 9.97 Å². The minimum absolute atomic E-state index is 0.310. The molecule has 4 heteroatoms. The Morgan fingerprint density at radius 2 is 1.88 bits per heavy atom. The van der Waals surface area contributed by atoms with Gasteiger partial charge in [-0.2, -0.15) is 0 Å². The molecular weight excluding hydrogens is 308 g/mol. The Labute approximate surface area is 151 Å². The standard InChI is InChI=1S/C21H30N4/c1-6-15(4)22-19-12-20(24-21(23-19)14(2)3)25-13-18-10-8-7-9-17(18)11-16(25)5/h7-10,12,14-16H,6,11,13H2,1-5H3,(H,22,23,24)/t15-,16-/m1/s1. The SMILES string of the molecule is CC[C@@H](C)Nc1cc(N2Cc3ccccc3C[C@H]2C)nc(C(C)C)n1. The number of anilines is 2. The third-order valence-electron chi connectivity index (χ3n) is 5.05. The summed E-state index contributed by atoms with van der Waals surface area (Å²) in [4.78, 5) is 12.0. The predicted molar refractivity (Wildman–Crippen MR) is 105 cm³/mol. The van der Waals surface area contributed by atoms with Crippen LogP contribution >= 0.6 is 0 Å². The van der Waals surface area contributed by atoms with E-state index in [-0.39, 0.29) is 0 Å². The molecule has 0 radical (unpaired) electrons. The van der Waals surface area contributed by atoms with Gasteiger partial charge in [-0.25, -0.2) is 9.97 Å². The fourth-order valence-corrected chi connectivity index (χ4v) is 3.27. The lowest BCUT2D eigenvalue weighted by Gasteiger charge is -2.36. The molecule has 1 aromatic carbocycles. The largest absolute Gasteiger partial charge is 0.367 e. The van der Waals surface area contributed by atoms with Gasteiger partial charge in [-0.15, -0.1) is 0 Å². The van der Waals surface area contributed by atoms with E-state index in [0.29, 0.717) is 18.0 Å². The summed E-state index contributed by atoms with van der Waals surface area (Å²) in [5.74, 6) is 3.19. The fourth-order valence-electron chi connectivity index (χ4n) is 3.27. The Bertz CT molecular complexity index is 726. The van der Waals surface area contributed by atoms with Crippen LogP contribution in [0.4, 0.5) is 11.6 Å². The zero-order chi connectivity index (χ0) is 18.0. The van der Waals surface area contributed by atoms with Gasteiger partial charge in [-0.05, 0) is 37.8 Å². The van der Waals surface area contributed by atoms with Crippen LogP contribution in [0.5, 0.6) is 0 Å². The van der Waals surface area contributed by atoms with Crippen molar-refractivity contribution < 1.29 is 0 Å². The normalized spacial score (nSPS) is 18.2. The van der Waals surface area contributed by atoms with Gasteiger partial charge in [0.2, 0.25) is 0 Å². The molecule has 134 valence electrons. The van der Waals surface area contributed by atoms with Crippen LogP contribution in [0.1, 0.15) is 63.9 Å². The molecule has 0 saturated carbocycles. The van der Waals surface area contributed by atoms with Crippen LogP contribution in [0.2, 0.25) is 0 Å². The molecule has 0 unspecified atom stereocenters. The third kappa shape index (κ3) is 3.94. The zero-order valence-electron chi connectivity index (χ0n) is 16.1. The zero-order valence-corrected chi connectivity index (χ0v) is 16.1. The maximum absolute atomic E-state index is 4.89. The van der Waals surface area contributed by atoms with Crippen LogP contribution in [0.3, 0.4) is 0 Å². The molecule has 4 nitrogen and oxygen atoms in total. The van der Waals surface area contributed by atoms with E-state index < -0.39 is 0 Å². The summed E-state index contributed by atoms with van der Waals surface area (Å²) in [6.07, 6.45) is 2.13. The number of benzene rings is 1. The Morgan fingerprint density at radius 3 is 2.56 bits per heavy atom. The molecule has 1 N–H and O–H groups in total. The second-order valence-electron chi connectivity index (χ2n) is 7.53. The van der Waals surface area contributed by atoms with Crippen molar-refractivity contribution in [2.24, 2.45) is 0 Å². The first-order valence-electron chi connectivity index (χ1n) is 9.46. The van der Waals surface area contributed by atoms with Gasteiger partial charge in [-0.1, -0.05) is 45.0 Å². The lowest BCUT2D eigenvalue weighted by Crippen LogP contribution is -2.39. The summed E-state index contributed by atoms with van der Waals surface area (Å²) < 4.78 is 0. The first kappa shape index (κ1) is 17.7. The van der Waals surface area contributed by atoms with Gasteiger partial charge >= 0.3 is 0 Å². The minimum Gasteiger partial charge on any atom is -0.367 e. The van der Waals surface area contributed by atoms with E-state index in [2.05, 4.69) is 75.2 Å². The van der Waals surface area contributed by atoms with Crippen molar-refractivity contribution in [3.05, 3.63) is 47.3 Å². The highest BCUT2D eigenvalue weighted by molar-refractivity contribution is 5.53. The lowest BCUT2D eigenvalue weighted by molar-refractivity contribution is 0.583. The fraction of sp³-hybridized carbons (Fsp3) is 0.524. The number of nitrogens with zero attached hydrogens (tertiary/aromatic N) is 3. The molecule has 2 aromatic rings. The van der Waals surface area contributed by atoms with Crippen molar-refractivity contribution in [2.75, 3.05) is 10.2 Å². The van der Waals surface area contributed by atoms with Gasteiger partial charge in [0.25, 0.3) is 0 Å². The molecular formula is C21H30N4. The van der Waals surface area contributed by atoms with Crippen LogP contribution in [0.25, 0.3) is 0 Å². The molecule has 1 aliphatic heterocycles. The second kappa shape index (κ2) is 7.42. The van der Waals surface area contributed by atoms with Crippen LogP contribution in [-0.2, 0) is 13.0 Å². The average molecular weight is 338 g/mol. The van der Waals surface area contributed by atoms with Crippen molar-refractivity contribution in [1.29, 1.82) is 0 Å². The summed E-state index contributed by atoms with van der Waals surface area (Å²) in [5, 5.41) is 3.52. The molecule has 0 spiro atoms. The highest BCUT2D eigenvalue weighted by Crippen LogP contribution is 2.29. The maximum Gasteiger partial charge on any atom is 0.135 e. The number of hydrogen-bond acceptors (Lipinski definition) is 4. The number of nitrogens with one attached hydrogen (secondary N) is 1. The number of aromatic nitrogens is 2. The summed E-state index contributed by atoms with van der Waals surface area (Å²) >= 11 is 0. The van der Waals surface area contributed by atoms with Gasteiger partial charge < -0.3 is 10.2 Å². The minimum atomic E-state index is 0.310. The topological polar surface area (TPSA) is 41.0 Å². The van der Waals surface area contributed by atoms with Crippen molar-refractivity contribution in [3.63, 3.8) is 0 Å². The van der Waals surface area contributed by atoms with Gasteiger partial charge in [0.1, 0.15) is 17.5 Å². The van der Waals surface area contributed by atoms with E-state index in [1.54, 1.807) is 0 Å². The Morgan fingerprint density at radius 1 is 1.16 bits per heavy atom. The predicted octanol–water partition coefficient (Wildman–Crippen LogP) is 4.76. The van der Waals surface area contributed by atoms with E-state index in [0.717, 1.165) is 36.8 Å². The van der Waals surface area contributed by atoms with Crippen LogP contribution in [-0.4, -0.2) is 22.1 Å². The lowest BCUT2D eigenvalue weighted by atomic mass is 9.95. The van der Waals surface area contributed by atoms with Crippen molar-refractivity contribution in [3.8, 4) is 0 Å². The first-order valence-corrected chi connectivity index (χ1v) is 9.46. The number of fused-ring (bicyclic) bond motifs is 1. The van der Waals surface area contributed by atoms with Crippen LogP contribution in [0, 0.1) is 0 Å². The van der Waals surface area contributed by atoms with Crippen molar-refractivity contribution >= 4 is 11.6 Å². The van der Waals surface area contributed by atoms with E-state index in [9.17, 15) is 0 Å². The Kier molecular flexibility index (Phi) is 5.26. The number of hydrogen-bond donors (Lipinski definition) is 1. The molecule has 25 heavy (non-hydrogen) atoms. The summed E-state index contributed by atoms with van der Waals surface area (Å²) in [5.41, 5.74) is 2.86. The molecule has 2 atom stereocenters. The molecule has 3 rings (SSSR count). The molecule has 0 saturated heterocycles. The summed E-state index contributed by atoms with van der Waals surface area (Å²) in [6, 6.07) is 11.7. The van der Waals surface area contributed by atoms with Crippen LogP contribution in [0.15, 0.2) is 30.3 Å². The highest BCUT2D eigenvalue weighted by Gasteiger charge is 2.25. The summed E-state index contributed by atoms with van der Waals surface area (Å²) in [6.45, 7) is 11.9. The quantitative estimate of drug-likeness (QED) is 0.853. The monoisotopic (exact) mass is 338 g/mol. The second-order valence-corrected chi connectivity index (χ2v) is 7.53. The molecule has 0 aliphatic carbocycles. The summed E-state index contributed by atoms with van der Waals surface area (Å²) in [7, 11) is 0. The first-order chi connectivity index (χ1) is 12.0. The van der Waals surface area contributed by atoms with Gasteiger partial charge in [0, 0.05) is 30.6 Å². The van der Waals surface area contributed by atoms with Gasteiger partial charge in [0.15, 0.2) is 0 Å². The Hall–Kier alpha value is -2.10. The van der Waals surface area contributed by atoms with E-state index >= 15 is 0 Å². The smallest absolute Gasteiger partial charge is 0.135 e. The Balaban J connectivity index is 1.95. The number of rotatable bonds is 5. The van der Waals surface area contributed by atoms with Gasteiger partial charge in [0.05, 0.1) is 0 Å². The molecule has 0 amide bonds. The van der Waals surface area contributed by atoms with E-state index in [4.69, 9.17) is 9.97 Å². The van der Waals surface area contributed by atoms with Crippen LogP contribution < -0.4 is 10.2 Å². The average Bonchev–Trinajstić information content (AvgIpc) is 2.60. The van der Waals surface area contributed by atoms with Gasteiger partial charge in [-0.3, -0.25) is 0 Å².